The molecule has 1 atom stereocenters. The number of aliphatic imine (C=N–C) groups is 1. The third kappa shape index (κ3) is 5.35. The van der Waals surface area contributed by atoms with E-state index in [1.807, 2.05) is 6.92 Å². The van der Waals surface area contributed by atoms with Crippen LogP contribution in [0.15, 0.2) is 46.9 Å². The predicted octanol–water partition coefficient (Wildman–Crippen LogP) is 3.16. The normalized spacial score (nSPS) is 16.7. The van der Waals surface area contributed by atoms with Crippen LogP contribution in [0, 0.1) is 5.82 Å². The molecule has 0 saturated carbocycles. The molecule has 3 aromatic rings. The molecule has 1 fully saturated rings. The Morgan fingerprint density at radius 2 is 2.15 bits per heavy atom. The molecule has 3 N–H and O–H groups in total. The molecule has 0 aliphatic carbocycles. The molecule has 0 aromatic carbocycles. The van der Waals surface area contributed by atoms with E-state index in [4.69, 9.17) is 31.9 Å². The zero-order valence-electron chi connectivity index (χ0n) is 19.0. The second-order valence-electron chi connectivity index (χ2n) is 7.99. The number of nitrogens with one attached hydrogen (secondary N) is 1. The van der Waals surface area contributed by atoms with Crippen LogP contribution in [0.5, 0.6) is 5.75 Å². The fourth-order valence-electron chi connectivity index (χ4n) is 3.95. The molecule has 0 amide bonds. The molecule has 0 radical (unpaired) electrons. The molecule has 1 unspecified atom stereocenters. The summed E-state index contributed by atoms with van der Waals surface area (Å²) in [6.07, 6.45) is 5.88. The van der Waals surface area contributed by atoms with Crippen LogP contribution in [0.1, 0.15) is 37.1 Å². The van der Waals surface area contributed by atoms with E-state index in [1.54, 1.807) is 22.8 Å². The first kappa shape index (κ1) is 24.1. The predicted molar refractivity (Wildman–Crippen MR) is 129 cm³/mol. The fraction of sp³-hybridized carbons (Fsp3) is 0.391. The van der Waals surface area contributed by atoms with Crippen LogP contribution < -0.4 is 15.9 Å². The topological polar surface area (TPSA) is 111 Å². The van der Waals surface area contributed by atoms with Crippen LogP contribution >= 0.6 is 11.6 Å². The fourth-order valence-corrected chi connectivity index (χ4v) is 4.18. The summed E-state index contributed by atoms with van der Waals surface area (Å²) in [5, 5.41) is 12.1. The van der Waals surface area contributed by atoms with Gasteiger partial charge in [0.25, 0.3) is 0 Å². The first-order valence-electron chi connectivity index (χ1n) is 11.0. The van der Waals surface area contributed by atoms with Gasteiger partial charge in [-0.15, -0.1) is 0 Å². The van der Waals surface area contributed by atoms with Gasteiger partial charge in [0.05, 0.1) is 34.9 Å². The van der Waals surface area contributed by atoms with Gasteiger partial charge < -0.3 is 20.6 Å². The molecule has 1 aliphatic rings. The van der Waals surface area contributed by atoms with E-state index in [1.165, 1.54) is 19.4 Å². The molecule has 9 nitrogen and oxygen atoms in total. The summed E-state index contributed by atoms with van der Waals surface area (Å²) < 4.78 is 26.5. The van der Waals surface area contributed by atoms with Crippen LogP contribution in [0.3, 0.4) is 0 Å². The van der Waals surface area contributed by atoms with Crippen LogP contribution in [0.2, 0.25) is 5.02 Å². The van der Waals surface area contributed by atoms with Gasteiger partial charge in [-0.1, -0.05) is 11.6 Å². The largest absolute Gasteiger partial charge is 0.488 e. The third-order valence-electron chi connectivity index (χ3n) is 5.72. The Labute approximate surface area is 201 Å². The van der Waals surface area contributed by atoms with Crippen molar-refractivity contribution in [3.8, 4) is 5.75 Å². The van der Waals surface area contributed by atoms with Crippen LogP contribution in [-0.4, -0.2) is 58.9 Å². The van der Waals surface area contributed by atoms with Gasteiger partial charge in [-0.05, 0) is 51.1 Å². The Kier molecular flexibility index (Phi) is 7.71. The number of pyridine rings is 2. The molecule has 180 valence electrons. The minimum atomic E-state index is -0.517. The van der Waals surface area contributed by atoms with Crippen molar-refractivity contribution in [3.63, 3.8) is 0 Å². The minimum Gasteiger partial charge on any atom is -0.488 e. The monoisotopic (exact) mass is 487 g/mol. The molecule has 0 bridgehead atoms. The van der Waals surface area contributed by atoms with Gasteiger partial charge in [-0.3, -0.25) is 9.98 Å². The summed E-state index contributed by atoms with van der Waals surface area (Å²) in [4.78, 5) is 8.93. The van der Waals surface area contributed by atoms with Crippen molar-refractivity contribution < 1.29 is 13.9 Å². The van der Waals surface area contributed by atoms with Gasteiger partial charge >= 0.3 is 0 Å². The molecule has 1 aliphatic heterocycles. The Hall–Kier alpha value is -3.08. The van der Waals surface area contributed by atoms with Crippen molar-refractivity contribution >= 4 is 28.5 Å². The van der Waals surface area contributed by atoms with Gasteiger partial charge in [0.2, 0.25) is 0 Å². The zero-order chi connectivity index (χ0) is 24.1. The average molecular weight is 488 g/mol. The van der Waals surface area contributed by atoms with E-state index in [9.17, 15) is 4.39 Å². The molecule has 0 spiro atoms. The molecule has 3 aromatic heterocycles. The Morgan fingerprint density at radius 3 is 2.82 bits per heavy atom. The highest BCUT2D eigenvalue weighted by molar-refractivity contribution is 6.47. The van der Waals surface area contributed by atoms with Crippen LogP contribution in [0.4, 0.5) is 4.39 Å². The van der Waals surface area contributed by atoms with E-state index < -0.39 is 11.9 Å². The molecule has 4 heterocycles. The number of hydrogen-bond acceptors (Lipinski definition) is 8. The SMILES string of the molecule is COC(COc1cc(/C(=N/N)C(C)=NC2CCNCC2)cn2ncc(Cl)c12)c1ccc(F)cn1. The van der Waals surface area contributed by atoms with Gasteiger partial charge in [0.15, 0.2) is 0 Å². The second-order valence-corrected chi connectivity index (χ2v) is 8.40. The number of halogens is 2. The smallest absolute Gasteiger partial charge is 0.147 e. The van der Waals surface area contributed by atoms with Crippen molar-refractivity contribution in [1.29, 1.82) is 0 Å². The molecule has 11 heteroatoms. The summed E-state index contributed by atoms with van der Waals surface area (Å²) in [6, 6.07) is 4.92. The van der Waals surface area contributed by atoms with Gasteiger partial charge in [-0.2, -0.15) is 10.2 Å². The summed E-state index contributed by atoms with van der Waals surface area (Å²) >= 11 is 6.39. The number of methoxy groups -OCH3 is 1. The molecule has 4 rings (SSSR count). The Morgan fingerprint density at radius 1 is 1.35 bits per heavy atom. The van der Waals surface area contributed by atoms with Gasteiger partial charge in [0, 0.05) is 18.9 Å². The summed E-state index contributed by atoms with van der Waals surface area (Å²) in [6.45, 7) is 3.90. The van der Waals surface area contributed by atoms with E-state index >= 15 is 0 Å². The highest BCUT2D eigenvalue weighted by Crippen LogP contribution is 2.30. The lowest BCUT2D eigenvalue weighted by Crippen LogP contribution is -2.31. The maximum Gasteiger partial charge on any atom is 0.147 e. The Bertz CT molecular complexity index is 1190. The van der Waals surface area contributed by atoms with Crippen molar-refractivity contribution in [3.05, 3.63) is 58.9 Å². The number of hydrazone groups is 1. The number of rotatable bonds is 8. The second kappa shape index (κ2) is 10.9. The quantitative estimate of drug-likeness (QED) is 0.287. The number of nitrogens with two attached hydrogens (primary N) is 1. The number of fused-ring (bicyclic) bond motifs is 1. The van der Waals surface area contributed by atoms with E-state index in [2.05, 4.69) is 20.5 Å². The lowest BCUT2D eigenvalue weighted by Gasteiger charge is -2.20. The van der Waals surface area contributed by atoms with Crippen molar-refractivity contribution in [2.75, 3.05) is 26.8 Å². The average Bonchev–Trinajstić information content (AvgIpc) is 3.22. The van der Waals surface area contributed by atoms with E-state index in [-0.39, 0.29) is 12.6 Å². The van der Waals surface area contributed by atoms with Crippen LogP contribution in [0.25, 0.3) is 5.52 Å². The Balaban J connectivity index is 1.63. The summed E-state index contributed by atoms with van der Waals surface area (Å²) in [7, 11) is 1.54. The van der Waals surface area contributed by atoms with Gasteiger partial charge in [-0.25, -0.2) is 8.91 Å². The highest BCUT2D eigenvalue weighted by atomic mass is 35.5. The number of hydrogen-bond donors (Lipinski definition) is 2. The number of nitrogens with zero attached hydrogens (tertiary/aromatic N) is 5. The first-order chi connectivity index (χ1) is 16.5. The van der Waals surface area contributed by atoms with Crippen molar-refractivity contribution in [2.24, 2.45) is 15.9 Å². The van der Waals surface area contributed by atoms with Crippen molar-refractivity contribution in [2.45, 2.75) is 31.9 Å². The van der Waals surface area contributed by atoms with E-state index in [0.29, 0.717) is 33.3 Å². The van der Waals surface area contributed by atoms with E-state index in [0.717, 1.165) is 37.8 Å². The highest BCUT2D eigenvalue weighted by Gasteiger charge is 2.20. The standard InChI is InChI=1S/C23H27ClFN7O2/c1-14(30-17-5-7-27-8-6-17)22(31-26)15-9-20(23-18(24)11-29-32(23)12-15)34-13-21(33-2)19-4-3-16(25)10-28-19/h3-4,9-12,17,21,27H,5-8,13,26H2,1-2H3/b30-14?,31-22+. The van der Waals surface area contributed by atoms with Gasteiger partial charge in [0.1, 0.15) is 35.5 Å². The maximum atomic E-state index is 13.3. The van der Waals surface area contributed by atoms with Crippen molar-refractivity contribution in [1.82, 2.24) is 19.9 Å². The number of piperidine rings is 1. The summed E-state index contributed by atoms with van der Waals surface area (Å²) in [5.74, 6) is 5.83. The molecule has 1 saturated heterocycles. The van der Waals surface area contributed by atoms with Crippen LogP contribution in [-0.2, 0) is 4.74 Å². The number of ether oxygens (including phenoxy) is 2. The lowest BCUT2D eigenvalue weighted by atomic mass is 10.0. The molecular formula is C23H27ClFN7O2. The zero-order valence-corrected chi connectivity index (χ0v) is 19.8. The third-order valence-corrected chi connectivity index (χ3v) is 5.99. The number of aromatic nitrogens is 3. The maximum absolute atomic E-state index is 13.3. The molecular weight excluding hydrogens is 461 g/mol. The summed E-state index contributed by atoms with van der Waals surface area (Å²) in [5.41, 5.74) is 3.11. The molecule has 34 heavy (non-hydrogen) atoms. The minimum absolute atomic E-state index is 0.118. The first-order valence-corrected chi connectivity index (χ1v) is 11.4. The lowest BCUT2D eigenvalue weighted by molar-refractivity contribution is 0.0549.